The van der Waals surface area contributed by atoms with Gasteiger partial charge < -0.3 is 5.32 Å². The fraction of sp³-hybridized carbons (Fsp3) is 0.417. The molecule has 1 aliphatic rings. The van der Waals surface area contributed by atoms with E-state index in [9.17, 15) is 12.8 Å². The Morgan fingerprint density at radius 1 is 1.47 bits per heavy atom. The number of benzene rings is 1. The number of sulfone groups is 1. The number of aliphatic imine (C=N–C) groups is 1. The lowest BCUT2D eigenvalue weighted by molar-refractivity contribution is 0.534. The van der Waals surface area contributed by atoms with Crippen molar-refractivity contribution in [2.45, 2.75) is 18.2 Å². The predicted octanol–water partition coefficient (Wildman–Crippen LogP) is 1.89. The van der Waals surface area contributed by atoms with Gasteiger partial charge in [-0.05, 0) is 24.1 Å². The summed E-state index contributed by atoms with van der Waals surface area (Å²) in [5, 5.41) is 3.23. The van der Waals surface area contributed by atoms with Gasteiger partial charge in [0.05, 0.1) is 16.5 Å². The SMILES string of the molecule is Cc1c(CC2=NCCN2)ccc(S(=O)(=O)CF)c1Cl. The van der Waals surface area contributed by atoms with Crippen LogP contribution in [-0.4, -0.2) is 33.3 Å². The largest absolute Gasteiger partial charge is 0.372 e. The van der Waals surface area contributed by atoms with Crippen LogP contribution in [-0.2, 0) is 16.3 Å². The molecule has 0 amide bonds. The molecule has 1 aromatic rings. The smallest absolute Gasteiger partial charge is 0.208 e. The number of hydrogen-bond donors (Lipinski definition) is 1. The number of amidine groups is 1. The van der Waals surface area contributed by atoms with Gasteiger partial charge in [-0.3, -0.25) is 4.99 Å². The van der Waals surface area contributed by atoms with Gasteiger partial charge in [-0.15, -0.1) is 0 Å². The topological polar surface area (TPSA) is 58.5 Å². The maximum absolute atomic E-state index is 12.5. The Hall–Kier alpha value is -1.14. The number of nitrogens with one attached hydrogen (secondary N) is 1. The molecular formula is C12H14ClFN2O2S. The third-order valence-electron chi connectivity index (χ3n) is 3.04. The molecule has 1 heterocycles. The van der Waals surface area contributed by atoms with Gasteiger partial charge in [0.25, 0.3) is 0 Å². The first-order valence-corrected chi connectivity index (χ1v) is 7.82. The highest BCUT2D eigenvalue weighted by Gasteiger charge is 2.21. The zero-order valence-electron chi connectivity index (χ0n) is 10.4. The first-order chi connectivity index (χ1) is 8.95. The summed E-state index contributed by atoms with van der Waals surface area (Å²) in [5.41, 5.74) is 1.53. The monoisotopic (exact) mass is 304 g/mol. The van der Waals surface area contributed by atoms with Gasteiger partial charge in [0.2, 0.25) is 9.84 Å². The molecule has 1 aromatic carbocycles. The zero-order chi connectivity index (χ0) is 14.0. The van der Waals surface area contributed by atoms with Crippen LogP contribution in [0.5, 0.6) is 0 Å². The zero-order valence-corrected chi connectivity index (χ0v) is 12.0. The third-order valence-corrected chi connectivity index (χ3v) is 4.94. The van der Waals surface area contributed by atoms with Crippen molar-refractivity contribution < 1.29 is 12.8 Å². The lowest BCUT2D eigenvalue weighted by atomic mass is 10.1. The van der Waals surface area contributed by atoms with E-state index in [4.69, 9.17) is 11.6 Å². The molecule has 0 spiro atoms. The number of alkyl halides is 1. The minimum absolute atomic E-state index is 0.0914. The molecule has 0 saturated heterocycles. The Balaban J connectivity index is 2.37. The Morgan fingerprint density at radius 3 is 2.79 bits per heavy atom. The van der Waals surface area contributed by atoms with Crippen LogP contribution in [0.1, 0.15) is 11.1 Å². The van der Waals surface area contributed by atoms with Crippen molar-refractivity contribution in [2.75, 3.05) is 19.1 Å². The van der Waals surface area contributed by atoms with Crippen LogP contribution in [0.4, 0.5) is 4.39 Å². The van der Waals surface area contributed by atoms with Crippen molar-refractivity contribution in [1.82, 2.24) is 5.32 Å². The molecule has 0 aliphatic carbocycles. The molecule has 1 aliphatic heterocycles. The molecule has 19 heavy (non-hydrogen) atoms. The van der Waals surface area contributed by atoms with Crippen LogP contribution >= 0.6 is 11.6 Å². The second-order valence-electron chi connectivity index (χ2n) is 4.32. The standard InChI is InChI=1S/C12H14ClFN2O2S/c1-8-9(6-11-15-4-5-16-11)2-3-10(12(8)13)19(17,18)7-14/h2-3H,4-7H2,1H3,(H,15,16). The quantitative estimate of drug-likeness (QED) is 0.924. The highest BCUT2D eigenvalue weighted by Crippen LogP contribution is 2.29. The Kier molecular flexibility index (Phi) is 4.10. The number of nitrogens with zero attached hydrogens (tertiary/aromatic N) is 1. The molecule has 4 nitrogen and oxygen atoms in total. The van der Waals surface area contributed by atoms with Gasteiger partial charge in [0, 0.05) is 13.0 Å². The van der Waals surface area contributed by atoms with Crippen LogP contribution in [0.2, 0.25) is 5.02 Å². The molecule has 0 atom stereocenters. The highest BCUT2D eigenvalue weighted by atomic mass is 35.5. The van der Waals surface area contributed by atoms with Gasteiger partial charge in [0.1, 0.15) is 5.84 Å². The summed E-state index contributed by atoms with van der Waals surface area (Å²) >= 11 is 6.04. The van der Waals surface area contributed by atoms with Crippen molar-refractivity contribution in [2.24, 2.45) is 4.99 Å². The number of halogens is 2. The molecule has 1 N–H and O–H groups in total. The van der Waals surface area contributed by atoms with Crippen LogP contribution in [0.25, 0.3) is 0 Å². The van der Waals surface area contributed by atoms with E-state index in [1.54, 1.807) is 13.0 Å². The van der Waals surface area contributed by atoms with Crippen molar-refractivity contribution in [3.63, 3.8) is 0 Å². The van der Waals surface area contributed by atoms with Crippen molar-refractivity contribution in [3.05, 3.63) is 28.3 Å². The summed E-state index contributed by atoms with van der Waals surface area (Å²) in [6.45, 7) is 3.29. The Bertz CT molecular complexity index is 629. The number of hydrogen-bond acceptors (Lipinski definition) is 4. The maximum Gasteiger partial charge on any atom is 0.208 e. The fourth-order valence-corrected chi connectivity index (χ4v) is 3.29. The molecule has 7 heteroatoms. The fourth-order valence-electron chi connectivity index (χ4n) is 1.94. The van der Waals surface area contributed by atoms with E-state index in [2.05, 4.69) is 10.3 Å². The molecule has 0 fully saturated rings. The summed E-state index contributed by atoms with van der Waals surface area (Å²) < 4.78 is 35.6. The van der Waals surface area contributed by atoms with Gasteiger partial charge in [-0.2, -0.15) is 0 Å². The number of rotatable bonds is 4. The molecule has 0 unspecified atom stereocenters. The molecule has 0 saturated carbocycles. The Labute approximate surface area is 116 Å². The van der Waals surface area contributed by atoms with Gasteiger partial charge in [0.15, 0.2) is 6.01 Å². The molecular weight excluding hydrogens is 291 g/mol. The van der Waals surface area contributed by atoms with Gasteiger partial charge in [-0.1, -0.05) is 17.7 Å². The second kappa shape index (κ2) is 5.46. The van der Waals surface area contributed by atoms with Crippen LogP contribution in [0, 0.1) is 6.92 Å². The van der Waals surface area contributed by atoms with Crippen molar-refractivity contribution in [1.29, 1.82) is 0 Å². The highest BCUT2D eigenvalue weighted by molar-refractivity contribution is 7.91. The summed E-state index contributed by atoms with van der Waals surface area (Å²) in [5.74, 6) is 0.861. The van der Waals surface area contributed by atoms with Gasteiger partial charge in [-0.25, -0.2) is 12.8 Å². The van der Waals surface area contributed by atoms with Crippen molar-refractivity contribution >= 4 is 27.3 Å². The first-order valence-electron chi connectivity index (χ1n) is 5.79. The summed E-state index contributed by atoms with van der Waals surface area (Å²) in [6, 6.07) is 1.57. The van der Waals surface area contributed by atoms with E-state index in [0.717, 1.165) is 24.5 Å². The molecule has 104 valence electrons. The minimum Gasteiger partial charge on any atom is -0.372 e. The van der Waals surface area contributed by atoms with Crippen LogP contribution in [0.15, 0.2) is 22.0 Å². The van der Waals surface area contributed by atoms with Gasteiger partial charge >= 0.3 is 0 Å². The van der Waals surface area contributed by atoms with E-state index >= 15 is 0 Å². The summed E-state index contributed by atoms with van der Waals surface area (Å²) in [7, 11) is -3.94. The van der Waals surface area contributed by atoms with Crippen molar-refractivity contribution in [3.8, 4) is 0 Å². The van der Waals surface area contributed by atoms with E-state index in [0.29, 0.717) is 12.0 Å². The molecule has 2 rings (SSSR count). The molecule has 0 bridgehead atoms. The lowest BCUT2D eigenvalue weighted by Gasteiger charge is -2.11. The first kappa shape index (κ1) is 14.3. The Morgan fingerprint density at radius 2 is 2.21 bits per heavy atom. The van der Waals surface area contributed by atoms with E-state index < -0.39 is 15.8 Å². The average Bonchev–Trinajstić information content (AvgIpc) is 2.88. The minimum atomic E-state index is -3.94. The summed E-state index contributed by atoms with van der Waals surface area (Å²) in [6.07, 6.45) is 0.571. The second-order valence-corrected chi connectivity index (χ2v) is 6.58. The van der Waals surface area contributed by atoms with E-state index in [-0.39, 0.29) is 9.92 Å². The average molecular weight is 305 g/mol. The molecule has 0 radical (unpaired) electrons. The van der Waals surface area contributed by atoms with Crippen LogP contribution in [0.3, 0.4) is 0 Å². The molecule has 0 aromatic heterocycles. The lowest BCUT2D eigenvalue weighted by Crippen LogP contribution is -2.21. The predicted molar refractivity (Wildman–Crippen MR) is 73.4 cm³/mol. The third kappa shape index (κ3) is 2.90. The summed E-state index contributed by atoms with van der Waals surface area (Å²) in [4.78, 5) is 4.12. The normalized spacial score (nSPS) is 15.2. The maximum atomic E-state index is 12.5. The van der Waals surface area contributed by atoms with Crippen LogP contribution < -0.4 is 5.32 Å². The van der Waals surface area contributed by atoms with E-state index in [1.807, 2.05) is 0 Å². The van der Waals surface area contributed by atoms with E-state index in [1.165, 1.54) is 6.07 Å².